The van der Waals surface area contributed by atoms with Crippen molar-refractivity contribution in [2.45, 2.75) is 27.2 Å². The van der Waals surface area contributed by atoms with Crippen molar-refractivity contribution >= 4 is 5.91 Å². The molecule has 0 aromatic carbocycles. The molecular formula is C10H17N3O. The average molecular weight is 195 g/mol. The van der Waals surface area contributed by atoms with Gasteiger partial charge in [0, 0.05) is 18.8 Å². The number of carbonyl (C=O) groups excluding carboxylic acids is 1. The molecule has 0 atom stereocenters. The molecule has 1 aromatic rings. The molecule has 0 bridgehead atoms. The van der Waals surface area contributed by atoms with Crippen LogP contribution in [-0.4, -0.2) is 34.1 Å². The van der Waals surface area contributed by atoms with Crippen LogP contribution in [0.5, 0.6) is 0 Å². The van der Waals surface area contributed by atoms with Crippen LogP contribution in [0.3, 0.4) is 0 Å². The Kier molecular flexibility index (Phi) is 3.68. The monoisotopic (exact) mass is 195 g/mol. The van der Waals surface area contributed by atoms with Crippen molar-refractivity contribution in [1.29, 1.82) is 0 Å². The van der Waals surface area contributed by atoms with Crippen molar-refractivity contribution in [3.05, 3.63) is 17.5 Å². The van der Waals surface area contributed by atoms with Crippen molar-refractivity contribution in [1.82, 2.24) is 15.1 Å². The van der Waals surface area contributed by atoms with E-state index in [-0.39, 0.29) is 5.91 Å². The van der Waals surface area contributed by atoms with Gasteiger partial charge < -0.3 is 4.90 Å². The van der Waals surface area contributed by atoms with Crippen molar-refractivity contribution in [3.63, 3.8) is 0 Å². The van der Waals surface area contributed by atoms with Gasteiger partial charge in [-0.1, -0.05) is 6.92 Å². The maximum Gasteiger partial charge on any atom is 0.257 e. The number of hydrogen-bond donors (Lipinski definition) is 1. The van der Waals surface area contributed by atoms with Gasteiger partial charge in [-0.25, -0.2) is 0 Å². The maximum absolute atomic E-state index is 11.9. The van der Waals surface area contributed by atoms with Gasteiger partial charge in [0.2, 0.25) is 0 Å². The number of aromatic amines is 1. The van der Waals surface area contributed by atoms with E-state index in [1.54, 1.807) is 6.20 Å². The van der Waals surface area contributed by atoms with Gasteiger partial charge in [-0.05, 0) is 20.3 Å². The summed E-state index contributed by atoms with van der Waals surface area (Å²) in [5.41, 5.74) is 1.52. The Labute approximate surface area is 84.3 Å². The van der Waals surface area contributed by atoms with Crippen LogP contribution in [0, 0.1) is 6.92 Å². The van der Waals surface area contributed by atoms with Crippen molar-refractivity contribution in [2.24, 2.45) is 0 Å². The van der Waals surface area contributed by atoms with Gasteiger partial charge >= 0.3 is 0 Å². The summed E-state index contributed by atoms with van der Waals surface area (Å²) >= 11 is 0. The lowest BCUT2D eigenvalue weighted by Crippen LogP contribution is -2.31. The molecule has 4 nitrogen and oxygen atoms in total. The van der Waals surface area contributed by atoms with E-state index >= 15 is 0 Å². The number of carbonyl (C=O) groups is 1. The molecule has 0 saturated heterocycles. The van der Waals surface area contributed by atoms with Gasteiger partial charge in [0.25, 0.3) is 5.91 Å². The summed E-state index contributed by atoms with van der Waals surface area (Å²) in [7, 11) is 0. The molecule has 0 aliphatic rings. The third-order valence-corrected chi connectivity index (χ3v) is 2.22. The lowest BCUT2D eigenvalue weighted by molar-refractivity contribution is 0.0764. The average Bonchev–Trinajstić information content (AvgIpc) is 2.59. The smallest absolute Gasteiger partial charge is 0.257 e. The highest BCUT2D eigenvalue weighted by Gasteiger charge is 2.16. The summed E-state index contributed by atoms with van der Waals surface area (Å²) in [6.45, 7) is 7.47. The lowest BCUT2D eigenvalue weighted by atomic mass is 10.2. The lowest BCUT2D eigenvalue weighted by Gasteiger charge is -2.19. The largest absolute Gasteiger partial charge is 0.339 e. The second-order valence-corrected chi connectivity index (χ2v) is 3.29. The number of aromatic nitrogens is 2. The van der Waals surface area contributed by atoms with Crippen LogP contribution in [0.4, 0.5) is 0 Å². The Morgan fingerprint density at radius 2 is 2.29 bits per heavy atom. The standard InChI is InChI=1S/C10H17N3O/c1-4-6-13(5-2)10(14)9-7-11-12-8(9)3/h7H,4-6H2,1-3H3,(H,11,12). The highest BCUT2D eigenvalue weighted by atomic mass is 16.2. The molecule has 0 saturated carbocycles. The van der Waals surface area contributed by atoms with Crippen LogP contribution < -0.4 is 0 Å². The fraction of sp³-hybridized carbons (Fsp3) is 0.600. The molecule has 0 unspecified atom stereocenters. The molecule has 78 valence electrons. The Balaban J connectivity index is 2.78. The zero-order chi connectivity index (χ0) is 10.6. The first-order valence-corrected chi connectivity index (χ1v) is 4.99. The van der Waals surface area contributed by atoms with Crippen LogP contribution in [0.1, 0.15) is 36.3 Å². The van der Waals surface area contributed by atoms with Gasteiger partial charge in [0.05, 0.1) is 11.8 Å². The number of nitrogens with one attached hydrogen (secondary N) is 1. The summed E-state index contributed by atoms with van der Waals surface area (Å²) in [4.78, 5) is 13.7. The minimum absolute atomic E-state index is 0.0700. The Hall–Kier alpha value is -1.32. The first kappa shape index (κ1) is 10.8. The molecule has 1 N–H and O–H groups in total. The number of nitrogens with zero attached hydrogens (tertiary/aromatic N) is 2. The van der Waals surface area contributed by atoms with E-state index < -0.39 is 0 Å². The molecule has 0 radical (unpaired) electrons. The van der Waals surface area contributed by atoms with Crippen LogP contribution >= 0.6 is 0 Å². The van der Waals surface area contributed by atoms with E-state index in [4.69, 9.17) is 0 Å². The van der Waals surface area contributed by atoms with E-state index in [9.17, 15) is 4.79 Å². The first-order chi connectivity index (χ1) is 6.70. The van der Waals surface area contributed by atoms with Gasteiger partial charge in [0.15, 0.2) is 0 Å². The van der Waals surface area contributed by atoms with Crippen LogP contribution in [0.15, 0.2) is 6.20 Å². The fourth-order valence-corrected chi connectivity index (χ4v) is 1.41. The molecule has 0 aliphatic heterocycles. The zero-order valence-corrected chi connectivity index (χ0v) is 9.00. The van der Waals surface area contributed by atoms with E-state index in [0.717, 1.165) is 25.2 Å². The van der Waals surface area contributed by atoms with E-state index in [1.807, 2.05) is 18.7 Å². The quantitative estimate of drug-likeness (QED) is 0.793. The number of H-pyrrole nitrogens is 1. The first-order valence-electron chi connectivity index (χ1n) is 4.99. The topological polar surface area (TPSA) is 49.0 Å². The van der Waals surface area contributed by atoms with Crippen molar-refractivity contribution < 1.29 is 4.79 Å². The Morgan fingerprint density at radius 1 is 1.57 bits per heavy atom. The highest BCUT2D eigenvalue weighted by Crippen LogP contribution is 2.07. The molecule has 1 amide bonds. The van der Waals surface area contributed by atoms with E-state index in [2.05, 4.69) is 17.1 Å². The van der Waals surface area contributed by atoms with Gasteiger partial charge in [-0.3, -0.25) is 9.89 Å². The molecule has 4 heteroatoms. The summed E-state index contributed by atoms with van der Waals surface area (Å²) < 4.78 is 0. The molecule has 0 spiro atoms. The Morgan fingerprint density at radius 3 is 2.71 bits per heavy atom. The van der Waals surface area contributed by atoms with Crippen LogP contribution in [0.2, 0.25) is 0 Å². The normalized spacial score (nSPS) is 10.2. The minimum Gasteiger partial charge on any atom is -0.339 e. The number of amides is 1. The predicted octanol–water partition coefficient (Wildman–Crippen LogP) is 1.59. The Bertz CT molecular complexity index is 306. The fourth-order valence-electron chi connectivity index (χ4n) is 1.41. The van der Waals surface area contributed by atoms with Crippen LogP contribution in [-0.2, 0) is 0 Å². The van der Waals surface area contributed by atoms with E-state index in [0.29, 0.717) is 5.56 Å². The summed E-state index contributed by atoms with van der Waals surface area (Å²) in [5.74, 6) is 0.0700. The van der Waals surface area contributed by atoms with Crippen molar-refractivity contribution in [3.8, 4) is 0 Å². The molecule has 14 heavy (non-hydrogen) atoms. The third kappa shape index (κ3) is 2.13. The molecule has 1 aromatic heterocycles. The SMILES string of the molecule is CCCN(CC)C(=O)c1cn[nH]c1C. The second kappa shape index (κ2) is 4.79. The number of aryl methyl sites for hydroxylation is 1. The number of rotatable bonds is 4. The molecular weight excluding hydrogens is 178 g/mol. The molecule has 1 heterocycles. The van der Waals surface area contributed by atoms with Gasteiger partial charge in [-0.2, -0.15) is 5.10 Å². The second-order valence-electron chi connectivity index (χ2n) is 3.29. The highest BCUT2D eigenvalue weighted by molar-refractivity contribution is 5.94. The zero-order valence-electron chi connectivity index (χ0n) is 9.00. The maximum atomic E-state index is 11.9. The van der Waals surface area contributed by atoms with Crippen molar-refractivity contribution in [2.75, 3.05) is 13.1 Å². The van der Waals surface area contributed by atoms with Crippen LogP contribution in [0.25, 0.3) is 0 Å². The summed E-state index contributed by atoms with van der Waals surface area (Å²) in [5, 5.41) is 6.62. The summed E-state index contributed by atoms with van der Waals surface area (Å²) in [6.07, 6.45) is 2.58. The van der Waals surface area contributed by atoms with Gasteiger partial charge in [0.1, 0.15) is 0 Å². The summed E-state index contributed by atoms with van der Waals surface area (Å²) in [6, 6.07) is 0. The molecule has 0 fully saturated rings. The molecule has 1 rings (SSSR count). The van der Waals surface area contributed by atoms with Gasteiger partial charge in [-0.15, -0.1) is 0 Å². The van der Waals surface area contributed by atoms with E-state index in [1.165, 1.54) is 0 Å². The number of hydrogen-bond acceptors (Lipinski definition) is 2. The minimum atomic E-state index is 0.0700. The molecule has 0 aliphatic carbocycles. The third-order valence-electron chi connectivity index (χ3n) is 2.22. The predicted molar refractivity (Wildman–Crippen MR) is 55.2 cm³/mol.